The first-order chi connectivity index (χ1) is 13.0. The van der Waals surface area contributed by atoms with Gasteiger partial charge < -0.3 is 14.4 Å². The maximum Gasteiger partial charge on any atom is 0.410 e. The second-order valence-corrected chi connectivity index (χ2v) is 9.60. The lowest BCUT2D eigenvalue weighted by atomic mass is 10.2. The summed E-state index contributed by atoms with van der Waals surface area (Å²) in [5, 5.41) is 0. The fourth-order valence-electron chi connectivity index (χ4n) is 3.11. The lowest BCUT2D eigenvalue weighted by molar-refractivity contribution is -0.0498. The highest BCUT2D eigenvalue weighted by Gasteiger charge is 2.38. The molecule has 0 radical (unpaired) electrons. The Kier molecular flexibility index (Phi) is 5.37. The Labute approximate surface area is 162 Å². The van der Waals surface area contributed by atoms with Gasteiger partial charge in [0.15, 0.2) is 0 Å². The summed E-state index contributed by atoms with van der Waals surface area (Å²) in [6, 6.07) is 4.87. The van der Waals surface area contributed by atoms with Crippen molar-refractivity contribution >= 4 is 16.1 Å². The first-order valence-corrected chi connectivity index (χ1v) is 10.1. The van der Waals surface area contributed by atoms with Gasteiger partial charge in [-0.05, 0) is 56.2 Å². The Bertz CT molecular complexity index is 874. The molecule has 2 aliphatic heterocycles. The topological polar surface area (TPSA) is 76.2 Å². The van der Waals surface area contributed by atoms with Crippen LogP contribution in [0.3, 0.4) is 0 Å². The smallest absolute Gasteiger partial charge is 0.410 e. The van der Waals surface area contributed by atoms with Crippen molar-refractivity contribution in [3.63, 3.8) is 0 Å². The number of sulfonamides is 1. The third-order valence-electron chi connectivity index (χ3n) is 4.34. The summed E-state index contributed by atoms with van der Waals surface area (Å²) in [5.74, 6) is -0.107. The van der Waals surface area contributed by atoms with E-state index in [1.165, 1.54) is 28.6 Å². The number of hydrogen-bond donors (Lipinski definition) is 0. The SMILES string of the molecule is CC(C)(C)OC(=O)N1CC2=C(C1)CN(S(=O)(=O)c1ccc(OC(F)F)cc1)C2. The number of benzene rings is 1. The molecule has 10 heteroatoms. The maximum absolute atomic E-state index is 12.8. The van der Waals surface area contributed by atoms with E-state index in [0.29, 0.717) is 13.1 Å². The van der Waals surface area contributed by atoms with Gasteiger partial charge in [0.25, 0.3) is 0 Å². The maximum atomic E-state index is 12.8. The molecule has 2 heterocycles. The summed E-state index contributed by atoms with van der Waals surface area (Å²) in [7, 11) is -3.78. The van der Waals surface area contributed by atoms with Crippen LogP contribution in [0.15, 0.2) is 40.3 Å². The van der Waals surface area contributed by atoms with Gasteiger partial charge >= 0.3 is 12.7 Å². The molecule has 0 N–H and O–H groups in total. The summed E-state index contributed by atoms with van der Waals surface area (Å²) in [5.41, 5.74) is 1.17. The van der Waals surface area contributed by atoms with Crippen molar-refractivity contribution in [1.29, 1.82) is 0 Å². The van der Waals surface area contributed by atoms with Crippen LogP contribution in [0.2, 0.25) is 0 Å². The minimum absolute atomic E-state index is 0.000659. The van der Waals surface area contributed by atoms with E-state index in [1.54, 1.807) is 25.7 Å². The van der Waals surface area contributed by atoms with Crippen LogP contribution in [0.4, 0.5) is 13.6 Å². The van der Waals surface area contributed by atoms with Gasteiger partial charge in [0, 0.05) is 26.2 Å². The van der Waals surface area contributed by atoms with Gasteiger partial charge in [0.05, 0.1) is 4.90 Å². The molecule has 0 saturated carbocycles. The molecule has 0 aliphatic carbocycles. The zero-order valence-electron chi connectivity index (χ0n) is 15.8. The van der Waals surface area contributed by atoms with Gasteiger partial charge in [0.1, 0.15) is 11.4 Å². The number of carbonyl (C=O) groups excluding carboxylic acids is 1. The predicted octanol–water partition coefficient (Wildman–Crippen LogP) is 2.84. The van der Waals surface area contributed by atoms with Crippen LogP contribution < -0.4 is 4.74 Å². The molecule has 0 fully saturated rings. The highest BCUT2D eigenvalue weighted by molar-refractivity contribution is 7.89. The zero-order valence-corrected chi connectivity index (χ0v) is 16.6. The van der Waals surface area contributed by atoms with Crippen molar-refractivity contribution in [2.75, 3.05) is 26.2 Å². The van der Waals surface area contributed by atoms with Crippen LogP contribution in [0.25, 0.3) is 0 Å². The van der Waals surface area contributed by atoms with Gasteiger partial charge in [-0.3, -0.25) is 0 Å². The van der Waals surface area contributed by atoms with Crippen LogP contribution in [0.5, 0.6) is 5.75 Å². The average Bonchev–Trinajstić information content (AvgIpc) is 3.12. The molecule has 1 aromatic rings. The lowest BCUT2D eigenvalue weighted by Gasteiger charge is -2.26. The van der Waals surface area contributed by atoms with Crippen LogP contribution >= 0.6 is 0 Å². The second kappa shape index (κ2) is 7.32. The van der Waals surface area contributed by atoms with E-state index in [4.69, 9.17) is 4.74 Å². The van der Waals surface area contributed by atoms with Gasteiger partial charge in [-0.1, -0.05) is 0 Å². The Hall–Kier alpha value is -2.20. The largest absolute Gasteiger partial charge is 0.444 e. The monoisotopic (exact) mass is 416 g/mol. The van der Waals surface area contributed by atoms with Crippen molar-refractivity contribution in [3.8, 4) is 5.75 Å². The number of hydrogen-bond acceptors (Lipinski definition) is 5. The third-order valence-corrected chi connectivity index (χ3v) is 6.14. The fraction of sp³-hybridized carbons (Fsp3) is 0.500. The molecular formula is C18H22F2N2O5S. The number of amides is 1. The van der Waals surface area contributed by atoms with E-state index >= 15 is 0 Å². The molecule has 0 bridgehead atoms. The average molecular weight is 416 g/mol. The van der Waals surface area contributed by atoms with Crippen molar-refractivity contribution in [1.82, 2.24) is 9.21 Å². The zero-order chi connectivity index (χ0) is 20.7. The third kappa shape index (κ3) is 4.44. The van der Waals surface area contributed by atoms with Crippen LogP contribution in [0.1, 0.15) is 20.8 Å². The fourth-order valence-corrected chi connectivity index (χ4v) is 4.54. The molecule has 0 unspecified atom stereocenters. The normalized spacial score (nSPS) is 18.0. The van der Waals surface area contributed by atoms with E-state index in [1.807, 2.05) is 0 Å². The van der Waals surface area contributed by atoms with Crippen molar-refractivity contribution in [2.45, 2.75) is 37.9 Å². The molecule has 2 aliphatic rings. The molecule has 0 saturated heterocycles. The summed E-state index contributed by atoms with van der Waals surface area (Å²) in [4.78, 5) is 13.7. The van der Waals surface area contributed by atoms with Crippen molar-refractivity contribution < 1.29 is 31.5 Å². The van der Waals surface area contributed by atoms with Crippen LogP contribution in [-0.4, -0.2) is 62.1 Å². The van der Waals surface area contributed by atoms with Gasteiger partial charge in [-0.15, -0.1) is 0 Å². The Morgan fingerprint density at radius 1 is 1.04 bits per heavy atom. The van der Waals surface area contributed by atoms with Crippen molar-refractivity contribution in [3.05, 3.63) is 35.4 Å². The summed E-state index contributed by atoms with van der Waals surface area (Å²) in [6.45, 7) is 3.42. The molecule has 7 nitrogen and oxygen atoms in total. The Balaban J connectivity index is 1.63. The number of alkyl halides is 2. The number of rotatable bonds is 4. The summed E-state index contributed by atoms with van der Waals surface area (Å²) < 4.78 is 61.0. The Morgan fingerprint density at radius 3 is 2.04 bits per heavy atom. The molecular weight excluding hydrogens is 394 g/mol. The predicted molar refractivity (Wildman–Crippen MR) is 96.7 cm³/mol. The molecule has 0 atom stereocenters. The number of ether oxygens (including phenoxy) is 2. The molecule has 3 rings (SSSR count). The molecule has 154 valence electrons. The van der Waals surface area contributed by atoms with E-state index in [-0.39, 0.29) is 23.7 Å². The second-order valence-electron chi connectivity index (χ2n) is 7.67. The first-order valence-electron chi connectivity index (χ1n) is 8.68. The van der Waals surface area contributed by atoms with E-state index < -0.39 is 28.3 Å². The summed E-state index contributed by atoms with van der Waals surface area (Å²) in [6.07, 6.45) is -0.425. The van der Waals surface area contributed by atoms with Crippen molar-refractivity contribution in [2.24, 2.45) is 0 Å². The number of nitrogens with zero attached hydrogens (tertiary/aromatic N) is 2. The minimum atomic E-state index is -3.78. The number of carbonyl (C=O) groups is 1. The quantitative estimate of drug-likeness (QED) is 0.706. The lowest BCUT2D eigenvalue weighted by Crippen LogP contribution is -2.39. The summed E-state index contributed by atoms with van der Waals surface area (Å²) >= 11 is 0. The first kappa shape index (κ1) is 20.5. The molecule has 0 aromatic heterocycles. The highest BCUT2D eigenvalue weighted by atomic mass is 32.2. The van der Waals surface area contributed by atoms with Crippen LogP contribution in [0, 0.1) is 0 Å². The minimum Gasteiger partial charge on any atom is -0.444 e. The molecule has 1 amide bonds. The van der Waals surface area contributed by atoms with E-state index in [0.717, 1.165) is 11.1 Å². The highest BCUT2D eigenvalue weighted by Crippen LogP contribution is 2.31. The van der Waals surface area contributed by atoms with E-state index in [9.17, 15) is 22.0 Å². The van der Waals surface area contributed by atoms with Gasteiger partial charge in [-0.25, -0.2) is 13.2 Å². The van der Waals surface area contributed by atoms with Gasteiger partial charge in [-0.2, -0.15) is 13.1 Å². The van der Waals surface area contributed by atoms with Crippen LogP contribution in [-0.2, 0) is 14.8 Å². The molecule has 1 aromatic carbocycles. The standard InChI is InChI=1S/C18H22F2N2O5S/c1-18(2,3)27-17(23)21-8-12-10-22(11-13(12)9-21)28(24,25)15-6-4-14(5-7-15)26-16(19)20/h4-7,16H,8-11H2,1-3H3. The van der Waals surface area contributed by atoms with Gasteiger partial charge in [0.2, 0.25) is 10.0 Å². The molecule has 28 heavy (non-hydrogen) atoms. The van der Waals surface area contributed by atoms with E-state index in [2.05, 4.69) is 4.74 Å². The molecule has 0 spiro atoms. The number of halogens is 2. The Morgan fingerprint density at radius 2 is 1.57 bits per heavy atom.